The minimum atomic E-state index is -1.08. The third-order valence-corrected chi connectivity index (χ3v) is 7.71. The molecule has 0 saturated carbocycles. The van der Waals surface area contributed by atoms with Gasteiger partial charge in [0.2, 0.25) is 11.8 Å². The Balaban J connectivity index is 1.82. The highest BCUT2D eigenvalue weighted by atomic mass is 16.6. The van der Waals surface area contributed by atoms with Crippen LogP contribution in [0.4, 0.5) is 9.59 Å². The van der Waals surface area contributed by atoms with Gasteiger partial charge in [-0.3, -0.25) is 19.2 Å². The van der Waals surface area contributed by atoms with Crippen LogP contribution in [0.3, 0.4) is 0 Å². The number of imide groups is 2. The van der Waals surface area contributed by atoms with E-state index in [0.29, 0.717) is 19.5 Å². The van der Waals surface area contributed by atoms with Crippen molar-refractivity contribution in [1.82, 2.24) is 15.7 Å². The molecule has 11 nitrogen and oxygen atoms in total. The number of piperazine rings is 1. The Kier molecular flexibility index (Phi) is 13.0. The second-order valence-electron chi connectivity index (χ2n) is 10.7. The maximum atomic E-state index is 14.4. The highest BCUT2D eigenvalue weighted by molar-refractivity contribution is 6.01. The lowest BCUT2D eigenvalue weighted by Crippen LogP contribution is -2.70. The molecule has 43 heavy (non-hydrogen) atoms. The number of nitrogens with zero attached hydrogens (tertiary/aromatic N) is 2. The van der Waals surface area contributed by atoms with Gasteiger partial charge < -0.3 is 10.1 Å². The van der Waals surface area contributed by atoms with E-state index in [9.17, 15) is 24.0 Å². The molecule has 0 radical (unpaired) electrons. The van der Waals surface area contributed by atoms with Crippen LogP contribution in [-0.2, 0) is 37.2 Å². The Morgan fingerprint density at radius 3 is 2.02 bits per heavy atom. The van der Waals surface area contributed by atoms with E-state index in [1.54, 1.807) is 26.0 Å². The largest absolute Gasteiger partial charge is 0.525 e. The molecule has 0 aromatic heterocycles. The number of benzene rings is 2. The number of amides is 5. The second kappa shape index (κ2) is 16.6. The standard InChI is InChI=1S/C32H42N4O7/c1-4-24(3)30(27(37)5-2)35(29(39)17-16-28(38)34-43-23-26-14-10-7-11-15-26)31(40)36(20-18-33-19-21-36)32(41)42-22-25-12-8-6-9-13-25/h6-15,24,30,33H,4-5,16-23H2,1-3H3/p+1/t24-,30-/m0/s1. The van der Waals surface area contributed by atoms with E-state index in [0.717, 1.165) is 16.0 Å². The monoisotopic (exact) mass is 595 g/mol. The smallest absolute Gasteiger partial charge is 0.415 e. The van der Waals surface area contributed by atoms with E-state index in [4.69, 9.17) is 9.57 Å². The van der Waals surface area contributed by atoms with Crippen LogP contribution in [0.15, 0.2) is 60.7 Å². The summed E-state index contributed by atoms with van der Waals surface area (Å²) in [7, 11) is 0. The van der Waals surface area contributed by atoms with Crippen LogP contribution in [-0.4, -0.2) is 71.3 Å². The molecule has 1 heterocycles. The zero-order chi connectivity index (χ0) is 31.2. The molecule has 2 atom stereocenters. The van der Waals surface area contributed by atoms with Crippen molar-refractivity contribution in [3.05, 3.63) is 71.8 Å². The third kappa shape index (κ3) is 9.03. The summed E-state index contributed by atoms with van der Waals surface area (Å²) in [5.74, 6) is -1.92. The van der Waals surface area contributed by atoms with Crippen molar-refractivity contribution in [1.29, 1.82) is 0 Å². The summed E-state index contributed by atoms with van der Waals surface area (Å²) < 4.78 is 4.87. The Morgan fingerprint density at radius 2 is 1.47 bits per heavy atom. The predicted octanol–water partition coefficient (Wildman–Crippen LogP) is 4.11. The van der Waals surface area contributed by atoms with E-state index >= 15 is 0 Å². The number of hydroxylamine groups is 1. The number of hydrogen-bond donors (Lipinski definition) is 2. The van der Waals surface area contributed by atoms with Gasteiger partial charge in [0.05, 0.1) is 6.61 Å². The average Bonchev–Trinajstić information content (AvgIpc) is 3.05. The molecule has 232 valence electrons. The van der Waals surface area contributed by atoms with Crippen molar-refractivity contribution >= 4 is 29.7 Å². The zero-order valence-electron chi connectivity index (χ0n) is 25.3. The third-order valence-electron chi connectivity index (χ3n) is 7.71. The van der Waals surface area contributed by atoms with Gasteiger partial charge in [-0.2, -0.15) is 4.79 Å². The summed E-state index contributed by atoms with van der Waals surface area (Å²) in [6.07, 6.45) is -0.799. The molecule has 11 heteroatoms. The van der Waals surface area contributed by atoms with E-state index in [2.05, 4.69) is 10.8 Å². The molecule has 0 unspecified atom stereocenters. The van der Waals surface area contributed by atoms with Crippen molar-refractivity contribution < 1.29 is 38.0 Å². The fourth-order valence-electron chi connectivity index (χ4n) is 4.97. The van der Waals surface area contributed by atoms with Crippen LogP contribution in [0, 0.1) is 5.92 Å². The summed E-state index contributed by atoms with van der Waals surface area (Å²) in [6, 6.07) is 16.5. The first-order valence-electron chi connectivity index (χ1n) is 14.9. The number of carbonyl (C=O) groups is 5. The molecule has 5 amide bonds. The number of Topliss-reactive ketones (excluding diaryl/α,β-unsaturated/α-hetero) is 1. The second-order valence-corrected chi connectivity index (χ2v) is 10.7. The van der Waals surface area contributed by atoms with Crippen molar-refractivity contribution in [2.75, 3.05) is 26.2 Å². The van der Waals surface area contributed by atoms with E-state index in [1.165, 1.54) is 0 Å². The van der Waals surface area contributed by atoms with Crippen molar-refractivity contribution in [2.24, 2.45) is 5.92 Å². The Labute approximate surface area is 253 Å². The summed E-state index contributed by atoms with van der Waals surface area (Å²) in [5, 5.41) is 3.15. The number of carbonyl (C=O) groups excluding carboxylic acids is 5. The minimum absolute atomic E-state index is 0.0415. The summed E-state index contributed by atoms with van der Waals surface area (Å²) in [6.45, 7) is 6.23. The number of nitrogens with one attached hydrogen (secondary N) is 2. The molecule has 1 saturated heterocycles. The van der Waals surface area contributed by atoms with Crippen molar-refractivity contribution in [3.8, 4) is 0 Å². The van der Waals surface area contributed by atoms with Crippen LogP contribution in [0.2, 0.25) is 0 Å². The van der Waals surface area contributed by atoms with Gasteiger partial charge in [0.1, 0.15) is 25.7 Å². The van der Waals surface area contributed by atoms with Gasteiger partial charge in [-0.1, -0.05) is 87.9 Å². The first kappa shape index (κ1) is 33.6. The molecular weight excluding hydrogens is 552 g/mol. The fraction of sp³-hybridized carbons (Fsp3) is 0.469. The van der Waals surface area contributed by atoms with Gasteiger partial charge in [-0.05, 0) is 17.0 Å². The fourth-order valence-corrected chi connectivity index (χ4v) is 4.97. The molecule has 1 fully saturated rings. The molecular formula is C32H43N4O7+. The summed E-state index contributed by atoms with van der Waals surface area (Å²) in [4.78, 5) is 73.9. The van der Waals surface area contributed by atoms with Crippen LogP contribution < -0.4 is 10.8 Å². The molecule has 0 spiro atoms. The topological polar surface area (TPSA) is 131 Å². The molecule has 2 N–H and O–H groups in total. The van der Waals surface area contributed by atoms with Gasteiger partial charge in [0, 0.05) is 32.4 Å². The minimum Gasteiger partial charge on any atom is -0.415 e. The van der Waals surface area contributed by atoms with E-state index < -0.39 is 34.5 Å². The number of ketones is 1. The number of quaternary nitrogens is 1. The van der Waals surface area contributed by atoms with Gasteiger partial charge in [-0.15, -0.1) is 4.48 Å². The lowest BCUT2D eigenvalue weighted by molar-refractivity contribution is -0.783. The first-order valence-corrected chi connectivity index (χ1v) is 14.9. The molecule has 1 aliphatic heterocycles. The van der Waals surface area contributed by atoms with Crippen LogP contribution in [0.1, 0.15) is 57.6 Å². The molecule has 2 aromatic rings. The lowest BCUT2D eigenvalue weighted by Gasteiger charge is -2.40. The molecule has 3 rings (SSSR count). The lowest BCUT2D eigenvalue weighted by atomic mass is 9.92. The average molecular weight is 596 g/mol. The zero-order valence-corrected chi connectivity index (χ0v) is 25.3. The number of urea groups is 1. The molecule has 0 aliphatic carbocycles. The van der Waals surface area contributed by atoms with Crippen LogP contribution >= 0.6 is 0 Å². The molecule has 2 aromatic carbocycles. The van der Waals surface area contributed by atoms with Crippen molar-refractivity contribution in [3.63, 3.8) is 0 Å². The SMILES string of the molecule is CCC(=O)[C@H]([C@@H](C)CC)N(C(=O)CCC(=O)NOCc1ccccc1)C(=O)[N+]1(C(=O)OCc2ccccc2)CCNCC1. The highest BCUT2D eigenvalue weighted by Crippen LogP contribution is 2.26. The predicted molar refractivity (Wildman–Crippen MR) is 159 cm³/mol. The van der Waals surface area contributed by atoms with Gasteiger partial charge >= 0.3 is 12.1 Å². The summed E-state index contributed by atoms with van der Waals surface area (Å²) in [5.41, 5.74) is 3.93. The Morgan fingerprint density at radius 1 is 0.884 bits per heavy atom. The maximum absolute atomic E-state index is 14.4. The van der Waals surface area contributed by atoms with Gasteiger partial charge in [-0.25, -0.2) is 15.2 Å². The highest BCUT2D eigenvalue weighted by Gasteiger charge is 2.54. The van der Waals surface area contributed by atoms with Gasteiger partial charge in [0.25, 0.3) is 0 Å². The van der Waals surface area contributed by atoms with Gasteiger partial charge in [0.15, 0.2) is 5.78 Å². The Bertz CT molecular complexity index is 1230. The van der Waals surface area contributed by atoms with E-state index in [1.807, 2.05) is 55.5 Å². The van der Waals surface area contributed by atoms with Crippen LogP contribution in [0.5, 0.6) is 0 Å². The number of ether oxygens (including phenoxy) is 1. The van der Waals surface area contributed by atoms with E-state index in [-0.39, 0.29) is 57.3 Å². The number of rotatable bonds is 13. The summed E-state index contributed by atoms with van der Waals surface area (Å²) >= 11 is 0. The maximum Gasteiger partial charge on any atom is 0.525 e. The quantitative estimate of drug-likeness (QED) is 0.261. The first-order chi connectivity index (χ1) is 20.7. The Hall–Kier alpha value is -3.93. The van der Waals surface area contributed by atoms with Crippen LogP contribution in [0.25, 0.3) is 0 Å². The molecule has 1 aliphatic rings. The molecule has 0 bridgehead atoms. The normalized spacial score (nSPS) is 15.5. The van der Waals surface area contributed by atoms with Crippen molar-refractivity contribution in [2.45, 2.75) is 65.7 Å². The number of hydrogen-bond acceptors (Lipinski definition) is 8.